The number of halogens is 3. The predicted molar refractivity (Wildman–Crippen MR) is 156 cm³/mol. The fourth-order valence-electron chi connectivity index (χ4n) is 4.10. The molecule has 0 saturated carbocycles. The van der Waals surface area contributed by atoms with Crippen LogP contribution in [0.3, 0.4) is 0 Å². The highest BCUT2D eigenvalue weighted by Gasteiger charge is 2.36. The van der Waals surface area contributed by atoms with Crippen LogP contribution >= 0.6 is 46.1 Å². The first kappa shape index (κ1) is 29.9. The Kier molecular flexibility index (Phi) is 9.41. The average Bonchev–Trinajstić information content (AvgIpc) is 3.22. The summed E-state index contributed by atoms with van der Waals surface area (Å²) in [5.41, 5.74) is 2.02. The Morgan fingerprint density at radius 2 is 1.80 bits per heavy atom. The molecule has 8 nitrogen and oxygen atoms in total. The summed E-state index contributed by atoms with van der Waals surface area (Å²) in [5, 5.41) is 2.53. The average molecular weight is 623 g/mol. The molecule has 3 aromatic rings. The number of rotatable bonds is 8. The van der Waals surface area contributed by atoms with Gasteiger partial charge in [0.05, 0.1) is 28.5 Å². The Hall–Kier alpha value is -3.11. The van der Waals surface area contributed by atoms with Gasteiger partial charge in [-0.15, -0.1) is 0 Å². The number of fused-ring (bicyclic) bond motifs is 1. The number of thiazole rings is 1. The van der Waals surface area contributed by atoms with Crippen molar-refractivity contribution in [1.29, 1.82) is 0 Å². The number of amides is 1. The van der Waals surface area contributed by atoms with Gasteiger partial charge in [-0.05, 0) is 43.2 Å². The van der Waals surface area contributed by atoms with E-state index in [1.54, 1.807) is 51.1 Å². The molecular formula is C28H26Cl3N3O5S. The second-order valence-electron chi connectivity index (χ2n) is 8.74. The van der Waals surface area contributed by atoms with Crippen LogP contribution in [0, 0.1) is 0 Å². The number of hydrogen-bond acceptors (Lipinski definition) is 7. The molecule has 0 fully saturated rings. The summed E-state index contributed by atoms with van der Waals surface area (Å²) in [6.07, 6.45) is 0.724. The number of carbonyl (C=O) groups excluding carboxylic acids is 2. The Labute approximate surface area is 249 Å². The number of ether oxygens (including phenoxy) is 2. The van der Waals surface area contributed by atoms with Crippen molar-refractivity contribution in [3.05, 3.63) is 96.7 Å². The Morgan fingerprint density at radius 3 is 2.40 bits per heavy atom. The van der Waals surface area contributed by atoms with Gasteiger partial charge in [-0.2, -0.15) is 0 Å². The lowest BCUT2D eigenvalue weighted by Crippen LogP contribution is -2.47. The third-order valence-electron chi connectivity index (χ3n) is 5.97. The highest BCUT2D eigenvalue weighted by atomic mass is 35.6. The first-order chi connectivity index (χ1) is 19.0. The monoisotopic (exact) mass is 621 g/mol. The van der Waals surface area contributed by atoms with E-state index in [2.05, 4.69) is 10.3 Å². The summed E-state index contributed by atoms with van der Waals surface area (Å²) < 4.78 is 11.1. The van der Waals surface area contributed by atoms with E-state index >= 15 is 0 Å². The molecule has 12 heteroatoms. The van der Waals surface area contributed by atoms with Crippen molar-refractivity contribution in [3.8, 4) is 5.75 Å². The van der Waals surface area contributed by atoms with Gasteiger partial charge in [0, 0.05) is 6.42 Å². The first-order valence-corrected chi connectivity index (χ1v) is 14.4. The lowest BCUT2D eigenvalue weighted by Gasteiger charge is -2.26. The fraction of sp³-hybridized carbons (Fsp3) is 0.286. The van der Waals surface area contributed by atoms with Crippen molar-refractivity contribution in [2.24, 2.45) is 4.99 Å². The van der Waals surface area contributed by atoms with E-state index in [4.69, 9.17) is 44.3 Å². The highest BCUT2D eigenvalue weighted by molar-refractivity contribution is 7.07. The van der Waals surface area contributed by atoms with Crippen molar-refractivity contribution >= 4 is 64.1 Å². The molecule has 210 valence electrons. The number of nitrogens with one attached hydrogen (secondary N) is 1. The lowest BCUT2D eigenvalue weighted by molar-refractivity contribution is -0.139. The van der Waals surface area contributed by atoms with E-state index in [0.717, 1.165) is 5.56 Å². The number of hydrogen-bond donors (Lipinski definition) is 1. The van der Waals surface area contributed by atoms with E-state index in [-0.39, 0.29) is 24.5 Å². The molecule has 1 aromatic heterocycles. The van der Waals surface area contributed by atoms with Gasteiger partial charge in [-0.1, -0.05) is 95.5 Å². The molecule has 40 heavy (non-hydrogen) atoms. The number of allylic oxidation sites excluding steroid dienone is 1. The topological polar surface area (TPSA) is 99.0 Å². The number of benzene rings is 2. The van der Waals surface area contributed by atoms with Crippen molar-refractivity contribution in [3.63, 3.8) is 0 Å². The molecule has 4 rings (SSSR count). The minimum atomic E-state index is -1.90. The molecule has 1 amide bonds. The summed E-state index contributed by atoms with van der Waals surface area (Å²) in [5.74, 6) is -0.491. The maximum Gasteiger partial charge on any atom is 0.338 e. The normalized spacial score (nSPS) is 16.1. The molecule has 2 heterocycles. The van der Waals surface area contributed by atoms with Gasteiger partial charge < -0.3 is 14.8 Å². The maximum atomic E-state index is 13.7. The minimum Gasteiger partial charge on any atom is -0.466 e. The molecule has 2 aromatic carbocycles. The van der Waals surface area contributed by atoms with E-state index in [0.29, 0.717) is 31.9 Å². The summed E-state index contributed by atoms with van der Waals surface area (Å²) in [6, 6.07) is 15.4. The van der Waals surface area contributed by atoms with Gasteiger partial charge in [-0.3, -0.25) is 14.2 Å². The Balaban J connectivity index is 1.71. The van der Waals surface area contributed by atoms with E-state index in [1.807, 2.05) is 30.3 Å². The first-order valence-electron chi connectivity index (χ1n) is 12.4. The molecule has 1 aliphatic heterocycles. The minimum absolute atomic E-state index is 0.197. The third kappa shape index (κ3) is 6.61. The molecule has 1 aliphatic rings. The van der Waals surface area contributed by atoms with E-state index in [9.17, 15) is 14.4 Å². The quantitative estimate of drug-likeness (QED) is 0.228. The van der Waals surface area contributed by atoms with E-state index in [1.165, 1.54) is 15.9 Å². The summed E-state index contributed by atoms with van der Waals surface area (Å²) in [7, 11) is 0. The number of nitrogens with zero attached hydrogens (tertiary/aromatic N) is 2. The van der Waals surface area contributed by atoms with Crippen LogP contribution in [-0.4, -0.2) is 33.1 Å². The van der Waals surface area contributed by atoms with Crippen LogP contribution in [0.4, 0.5) is 0 Å². The van der Waals surface area contributed by atoms with Crippen molar-refractivity contribution in [1.82, 2.24) is 9.88 Å². The van der Waals surface area contributed by atoms with Crippen molar-refractivity contribution < 1.29 is 19.1 Å². The Morgan fingerprint density at radius 1 is 1.12 bits per heavy atom. The molecule has 0 bridgehead atoms. The Bertz CT molecular complexity index is 1610. The van der Waals surface area contributed by atoms with Crippen LogP contribution in [0.1, 0.15) is 44.4 Å². The number of alkyl halides is 3. The van der Waals surface area contributed by atoms with Crippen molar-refractivity contribution in [2.75, 3.05) is 6.61 Å². The van der Waals surface area contributed by atoms with Crippen LogP contribution in [0.25, 0.3) is 6.08 Å². The maximum absolute atomic E-state index is 13.7. The zero-order chi connectivity index (χ0) is 29.0. The zero-order valence-corrected chi connectivity index (χ0v) is 24.9. The molecule has 0 saturated heterocycles. The molecule has 2 unspecified atom stereocenters. The molecule has 0 aliphatic carbocycles. The molecule has 0 radical (unpaired) electrons. The predicted octanol–water partition coefficient (Wildman–Crippen LogP) is 4.40. The van der Waals surface area contributed by atoms with Crippen LogP contribution in [-0.2, 0) is 14.3 Å². The van der Waals surface area contributed by atoms with Gasteiger partial charge in [0.15, 0.2) is 4.80 Å². The SMILES string of the molecule is CCOC(=O)C1=C(C)N=c2s/c(=C/c3ccc(OC(NC(=O)CC)C(Cl)(Cl)Cl)cc3)c(=O)n2C1c1ccccc1. The van der Waals surface area contributed by atoms with Crippen LogP contribution in [0.5, 0.6) is 5.75 Å². The van der Waals surface area contributed by atoms with Gasteiger partial charge in [0.25, 0.3) is 5.56 Å². The van der Waals surface area contributed by atoms with E-state index < -0.39 is 22.0 Å². The second-order valence-corrected chi connectivity index (χ2v) is 12.1. The lowest BCUT2D eigenvalue weighted by atomic mass is 9.96. The summed E-state index contributed by atoms with van der Waals surface area (Å²) in [6.45, 7) is 5.35. The van der Waals surface area contributed by atoms with Gasteiger partial charge >= 0.3 is 5.97 Å². The van der Waals surface area contributed by atoms with Gasteiger partial charge in [-0.25, -0.2) is 9.79 Å². The largest absolute Gasteiger partial charge is 0.466 e. The fourth-order valence-corrected chi connectivity index (χ4v) is 5.44. The van der Waals surface area contributed by atoms with Crippen molar-refractivity contribution in [2.45, 2.75) is 43.3 Å². The van der Waals surface area contributed by atoms with Crippen LogP contribution < -0.4 is 24.9 Å². The molecule has 2 atom stereocenters. The summed E-state index contributed by atoms with van der Waals surface area (Å²) in [4.78, 5) is 43.5. The number of esters is 1. The highest BCUT2D eigenvalue weighted by Crippen LogP contribution is 2.32. The van der Waals surface area contributed by atoms with Crippen LogP contribution in [0.15, 0.2) is 75.7 Å². The van der Waals surface area contributed by atoms with Crippen LogP contribution in [0.2, 0.25) is 0 Å². The van der Waals surface area contributed by atoms with Gasteiger partial charge in [0.1, 0.15) is 5.75 Å². The number of aromatic nitrogens is 1. The summed E-state index contributed by atoms with van der Waals surface area (Å²) >= 11 is 19.2. The smallest absolute Gasteiger partial charge is 0.338 e. The second kappa shape index (κ2) is 12.6. The molecule has 0 spiro atoms. The van der Waals surface area contributed by atoms with Gasteiger partial charge in [0.2, 0.25) is 15.9 Å². The molecular weight excluding hydrogens is 597 g/mol. The third-order valence-corrected chi connectivity index (χ3v) is 7.55. The number of carbonyl (C=O) groups is 2. The standard InChI is InChI=1S/C28H26Cl3N3O5S/c1-4-21(35)33-26(28(29,30)31)39-19-13-11-17(12-14-19)15-20-24(36)34-23(18-9-7-6-8-10-18)22(25(37)38-5-2)16(3)32-27(34)40-20/h6-15,23,26H,4-5H2,1-3H3,(H,33,35)/b20-15+. The molecule has 1 N–H and O–H groups in total. The zero-order valence-electron chi connectivity index (χ0n) is 21.8.